The molecule has 1 heterocycles. The van der Waals surface area contributed by atoms with Crippen molar-refractivity contribution in [2.24, 2.45) is 0 Å². The Labute approximate surface area is 101 Å². The van der Waals surface area contributed by atoms with E-state index in [0.717, 1.165) is 25.1 Å². The van der Waals surface area contributed by atoms with Crippen LogP contribution in [0.4, 0.5) is 15.8 Å². The van der Waals surface area contributed by atoms with Crippen LogP contribution in [0, 0.1) is 12.7 Å². The van der Waals surface area contributed by atoms with Crippen LogP contribution >= 0.6 is 0 Å². The number of halogens is 1. The van der Waals surface area contributed by atoms with Crippen molar-refractivity contribution >= 4 is 11.4 Å². The normalized spacial score (nSPS) is 24.6. The molecule has 1 fully saturated rings. The summed E-state index contributed by atoms with van der Waals surface area (Å²) in [5.41, 5.74) is 7.71. The Morgan fingerprint density at radius 1 is 1.47 bits per heavy atom. The maximum Gasteiger partial charge on any atom is 0.128 e. The van der Waals surface area contributed by atoms with Crippen LogP contribution in [0.2, 0.25) is 0 Å². The lowest BCUT2D eigenvalue weighted by Crippen LogP contribution is -2.32. The van der Waals surface area contributed by atoms with Gasteiger partial charge in [0.2, 0.25) is 0 Å². The average Bonchev–Trinajstić information content (AvgIpc) is 2.26. The molecule has 0 spiro atoms. The first kappa shape index (κ1) is 12.2. The number of hydrogen-bond acceptors (Lipinski definition) is 3. The summed E-state index contributed by atoms with van der Waals surface area (Å²) in [7, 11) is 0. The van der Waals surface area contributed by atoms with Crippen LogP contribution in [0.15, 0.2) is 12.1 Å². The Kier molecular flexibility index (Phi) is 3.52. The molecule has 1 aliphatic heterocycles. The van der Waals surface area contributed by atoms with Crippen molar-refractivity contribution < 1.29 is 9.13 Å². The zero-order valence-corrected chi connectivity index (χ0v) is 10.3. The highest BCUT2D eigenvalue weighted by atomic mass is 19.1. The molecule has 0 amide bonds. The van der Waals surface area contributed by atoms with E-state index in [1.807, 2.05) is 0 Å². The van der Waals surface area contributed by atoms with Crippen LogP contribution in [0.5, 0.6) is 0 Å². The fourth-order valence-electron chi connectivity index (χ4n) is 2.17. The second kappa shape index (κ2) is 4.92. The number of nitrogen functional groups attached to an aromatic ring is 1. The van der Waals surface area contributed by atoms with E-state index >= 15 is 0 Å². The van der Waals surface area contributed by atoms with Crippen LogP contribution in [-0.2, 0) is 4.74 Å². The van der Waals surface area contributed by atoms with Gasteiger partial charge in [-0.15, -0.1) is 0 Å². The van der Waals surface area contributed by atoms with Gasteiger partial charge in [0.05, 0.1) is 17.5 Å². The van der Waals surface area contributed by atoms with Gasteiger partial charge in [0, 0.05) is 12.6 Å². The highest BCUT2D eigenvalue weighted by molar-refractivity contribution is 5.67. The molecule has 1 aromatic rings. The van der Waals surface area contributed by atoms with E-state index < -0.39 is 0 Å². The topological polar surface area (TPSA) is 47.3 Å². The Bertz CT molecular complexity index is 409. The second-order valence-corrected chi connectivity index (χ2v) is 4.74. The summed E-state index contributed by atoms with van der Waals surface area (Å²) in [4.78, 5) is 0. The molecule has 0 aliphatic carbocycles. The number of anilines is 2. The fourth-order valence-corrected chi connectivity index (χ4v) is 2.17. The standard InChI is InChI=1S/C13H19FN2O/c1-8-5-13(12(15)7-11(8)14)16-10-3-4-17-9(2)6-10/h5,7,9-10,16H,3-4,6,15H2,1-2H3. The van der Waals surface area contributed by atoms with Crippen LogP contribution in [0.1, 0.15) is 25.3 Å². The van der Waals surface area contributed by atoms with Gasteiger partial charge in [-0.1, -0.05) is 0 Å². The van der Waals surface area contributed by atoms with E-state index in [4.69, 9.17) is 10.5 Å². The maximum atomic E-state index is 13.3. The molecule has 1 saturated heterocycles. The molecule has 1 aliphatic rings. The Morgan fingerprint density at radius 2 is 2.24 bits per heavy atom. The SMILES string of the molecule is Cc1cc(NC2CCOC(C)C2)c(N)cc1F. The lowest BCUT2D eigenvalue weighted by molar-refractivity contribution is 0.0232. The smallest absolute Gasteiger partial charge is 0.128 e. The van der Waals surface area contributed by atoms with E-state index in [0.29, 0.717) is 17.3 Å². The van der Waals surface area contributed by atoms with Crippen molar-refractivity contribution in [2.75, 3.05) is 17.7 Å². The molecule has 17 heavy (non-hydrogen) atoms. The lowest BCUT2D eigenvalue weighted by atomic mass is 10.0. The molecule has 1 aromatic carbocycles. The summed E-state index contributed by atoms with van der Waals surface area (Å²) in [6.07, 6.45) is 2.18. The van der Waals surface area contributed by atoms with E-state index in [1.54, 1.807) is 13.0 Å². The van der Waals surface area contributed by atoms with Crippen molar-refractivity contribution in [3.8, 4) is 0 Å². The maximum absolute atomic E-state index is 13.3. The van der Waals surface area contributed by atoms with Crippen LogP contribution in [0.3, 0.4) is 0 Å². The summed E-state index contributed by atoms with van der Waals surface area (Å²) in [6.45, 7) is 4.57. The van der Waals surface area contributed by atoms with E-state index in [1.165, 1.54) is 6.07 Å². The van der Waals surface area contributed by atoms with Gasteiger partial charge in [-0.3, -0.25) is 0 Å². The van der Waals surface area contributed by atoms with Crippen LogP contribution < -0.4 is 11.1 Å². The molecule has 94 valence electrons. The molecule has 0 bridgehead atoms. The van der Waals surface area contributed by atoms with Crippen LogP contribution in [-0.4, -0.2) is 18.8 Å². The van der Waals surface area contributed by atoms with Gasteiger partial charge in [0.15, 0.2) is 0 Å². The number of nitrogens with two attached hydrogens (primary N) is 1. The van der Waals surface area contributed by atoms with Gasteiger partial charge in [0.25, 0.3) is 0 Å². The minimum absolute atomic E-state index is 0.256. The number of nitrogens with one attached hydrogen (secondary N) is 1. The van der Waals surface area contributed by atoms with Crippen molar-refractivity contribution in [1.82, 2.24) is 0 Å². The number of ether oxygens (including phenoxy) is 1. The zero-order chi connectivity index (χ0) is 12.4. The van der Waals surface area contributed by atoms with Crippen molar-refractivity contribution in [3.05, 3.63) is 23.5 Å². The number of rotatable bonds is 2. The van der Waals surface area contributed by atoms with Gasteiger partial charge in [-0.25, -0.2) is 4.39 Å². The minimum Gasteiger partial charge on any atom is -0.397 e. The van der Waals surface area contributed by atoms with E-state index in [9.17, 15) is 4.39 Å². The highest BCUT2D eigenvalue weighted by Gasteiger charge is 2.19. The van der Waals surface area contributed by atoms with Gasteiger partial charge in [0.1, 0.15) is 5.82 Å². The molecule has 2 unspecified atom stereocenters. The Morgan fingerprint density at radius 3 is 2.94 bits per heavy atom. The predicted octanol–water partition coefficient (Wildman–Crippen LogP) is 2.70. The predicted molar refractivity (Wildman–Crippen MR) is 67.6 cm³/mol. The van der Waals surface area contributed by atoms with Gasteiger partial charge in [-0.2, -0.15) is 0 Å². The van der Waals surface area contributed by atoms with Gasteiger partial charge >= 0.3 is 0 Å². The third kappa shape index (κ3) is 2.88. The minimum atomic E-state index is -0.256. The first-order valence-corrected chi connectivity index (χ1v) is 6.00. The Balaban J connectivity index is 2.10. The summed E-state index contributed by atoms with van der Waals surface area (Å²) in [5, 5.41) is 3.38. The van der Waals surface area contributed by atoms with Crippen molar-refractivity contribution in [1.29, 1.82) is 0 Å². The first-order valence-electron chi connectivity index (χ1n) is 6.00. The lowest BCUT2D eigenvalue weighted by Gasteiger charge is -2.29. The number of benzene rings is 1. The molecule has 2 rings (SSSR count). The van der Waals surface area contributed by atoms with Crippen LogP contribution in [0.25, 0.3) is 0 Å². The summed E-state index contributed by atoms with van der Waals surface area (Å²) >= 11 is 0. The quantitative estimate of drug-likeness (QED) is 0.779. The molecule has 0 radical (unpaired) electrons. The van der Waals surface area contributed by atoms with Crippen molar-refractivity contribution in [2.45, 2.75) is 38.8 Å². The van der Waals surface area contributed by atoms with E-state index in [-0.39, 0.29) is 11.9 Å². The first-order chi connectivity index (χ1) is 8.06. The third-order valence-corrected chi connectivity index (χ3v) is 3.18. The van der Waals surface area contributed by atoms with Crippen molar-refractivity contribution in [3.63, 3.8) is 0 Å². The van der Waals surface area contributed by atoms with E-state index in [2.05, 4.69) is 12.2 Å². The summed E-state index contributed by atoms with van der Waals surface area (Å²) in [5.74, 6) is -0.256. The largest absolute Gasteiger partial charge is 0.397 e. The molecular formula is C13H19FN2O. The molecule has 0 aromatic heterocycles. The van der Waals surface area contributed by atoms with Gasteiger partial charge in [-0.05, 0) is 44.4 Å². The zero-order valence-electron chi connectivity index (χ0n) is 10.3. The third-order valence-electron chi connectivity index (χ3n) is 3.18. The molecular weight excluding hydrogens is 219 g/mol. The Hall–Kier alpha value is -1.29. The molecule has 3 N–H and O–H groups in total. The monoisotopic (exact) mass is 238 g/mol. The van der Waals surface area contributed by atoms with Gasteiger partial charge < -0.3 is 15.8 Å². The summed E-state index contributed by atoms with van der Waals surface area (Å²) < 4.78 is 18.8. The molecule has 3 nitrogen and oxygen atoms in total. The summed E-state index contributed by atoms with van der Waals surface area (Å²) in [6, 6.07) is 3.50. The highest BCUT2D eigenvalue weighted by Crippen LogP contribution is 2.26. The molecule has 2 atom stereocenters. The number of aryl methyl sites for hydroxylation is 1. The molecule has 0 saturated carbocycles. The second-order valence-electron chi connectivity index (χ2n) is 4.74. The average molecular weight is 238 g/mol. The fraction of sp³-hybridized carbons (Fsp3) is 0.538. The number of hydrogen-bond donors (Lipinski definition) is 2. The molecule has 4 heteroatoms.